The Morgan fingerprint density at radius 2 is 1.59 bits per heavy atom. The lowest BCUT2D eigenvalue weighted by Crippen LogP contribution is -2.59. The normalized spacial score (nSPS) is 27.9. The highest BCUT2D eigenvalue weighted by Gasteiger charge is 2.72. The summed E-state index contributed by atoms with van der Waals surface area (Å²) in [6.45, 7) is 6.56. The first-order chi connectivity index (χ1) is 22.3. The Morgan fingerprint density at radius 1 is 0.891 bits per heavy atom. The molecule has 46 heavy (non-hydrogen) atoms. The maximum atomic E-state index is 14.8. The number of fused-ring (bicyclic) bond motifs is 3. The molecule has 9 heteroatoms. The first-order valence-electron chi connectivity index (χ1n) is 16.1. The van der Waals surface area contributed by atoms with Gasteiger partial charge in [0.15, 0.2) is 0 Å². The number of likely N-dealkylation sites (tertiary alicyclic amines) is 1. The van der Waals surface area contributed by atoms with E-state index >= 15 is 0 Å². The summed E-state index contributed by atoms with van der Waals surface area (Å²) in [7, 11) is 0. The number of carbonyl (C=O) groups excluding carboxylic acids is 3. The summed E-state index contributed by atoms with van der Waals surface area (Å²) in [5, 5.41) is 12.6. The highest BCUT2D eigenvalue weighted by molar-refractivity contribution is 6.08. The van der Waals surface area contributed by atoms with Crippen LogP contribution < -0.4 is 14.5 Å². The number of anilines is 2. The Kier molecular flexibility index (Phi) is 7.69. The number of rotatable bonds is 7. The van der Waals surface area contributed by atoms with Gasteiger partial charge in [-0.25, -0.2) is 0 Å². The first-order valence-corrected chi connectivity index (χ1v) is 16.1. The summed E-state index contributed by atoms with van der Waals surface area (Å²) < 4.78 is 12.4. The third kappa shape index (κ3) is 4.63. The highest BCUT2D eigenvalue weighted by Crippen LogP contribution is 2.54. The smallest absolute Gasteiger partial charge is 0.253 e. The average molecular weight is 622 g/mol. The van der Waals surface area contributed by atoms with Crippen LogP contribution in [-0.2, 0) is 19.1 Å². The van der Waals surface area contributed by atoms with Crippen molar-refractivity contribution in [2.24, 2.45) is 17.8 Å². The summed E-state index contributed by atoms with van der Waals surface area (Å²) >= 11 is 0. The van der Waals surface area contributed by atoms with Crippen molar-refractivity contribution in [3.05, 3.63) is 91.0 Å². The van der Waals surface area contributed by atoms with Crippen molar-refractivity contribution in [2.75, 3.05) is 36.1 Å². The van der Waals surface area contributed by atoms with E-state index in [2.05, 4.69) is 0 Å². The predicted octanol–water partition coefficient (Wildman–Crippen LogP) is 4.34. The van der Waals surface area contributed by atoms with E-state index in [0.29, 0.717) is 30.3 Å². The monoisotopic (exact) mass is 621 g/mol. The minimum absolute atomic E-state index is 0.153. The number of ether oxygens (including phenoxy) is 2. The fourth-order valence-corrected chi connectivity index (χ4v) is 7.75. The van der Waals surface area contributed by atoms with E-state index in [4.69, 9.17) is 9.47 Å². The molecule has 4 aliphatic rings. The van der Waals surface area contributed by atoms with E-state index in [1.165, 1.54) is 4.90 Å². The second-order valence-corrected chi connectivity index (χ2v) is 12.8. The molecular weight excluding hydrogens is 582 g/mol. The Balaban J connectivity index is 1.31. The van der Waals surface area contributed by atoms with Gasteiger partial charge in [-0.15, -0.1) is 0 Å². The van der Waals surface area contributed by atoms with E-state index in [1.54, 1.807) is 9.80 Å². The average Bonchev–Trinajstić information content (AvgIpc) is 3.37. The van der Waals surface area contributed by atoms with Gasteiger partial charge in [0.2, 0.25) is 11.8 Å². The van der Waals surface area contributed by atoms with Crippen molar-refractivity contribution in [3.8, 4) is 5.75 Å². The van der Waals surface area contributed by atoms with Crippen LogP contribution >= 0.6 is 0 Å². The van der Waals surface area contributed by atoms with Crippen molar-refractivity contribution < 1.29 is 29.0 Å². The molecule has 0 bridgehead atoms. The number of amides is 3. The molecule has 9 nitrogen and oxygen atoms in total. The van der Waals surface area contributed by atoms with Crippen LogP contribution in [0.3, 0.4) is 0 Å². The maximum Gasteiger partial charge on any atom is 0.253 e. The zero-order chi connectivity index (χ0) is 32.2. The fraction of sp³-hybridized carbons (Fsp3) is 0.378. The largest absolute Gasteiger partial charge is 0.494 e. The van der Waals surface area contributed by atoms with Crippen LogP contribution in [0.25, 0.3) is 10.8 Å². The number of benzene rings is 3. The first kappa shape index (κ1) is 30.2. The van der Waals surface area contributed by atoms with Crippen LogP contribution in [0, 0.1) is 17.8 Å². The summed E-state index contributed by atoms with van der Waals surface area (Å²) in [6.07, 6.45) is 6.77. The molecule has 2 saturated heterocycles. The molecule has 0 radical (unpaired) electrons. The van der Waals surface area contributed by atoms with Gasteiger partial charge in [-0.3, -0.25) is 14.4 Å². The topological polar surface area (TPSA) is 99.6 Å². The Labute approximate surface area is 268 Å². The molecule has 1 spiro atoms. The summed E-state index contributed by atoms with van der Waals surface area (Å²) in [5.74, 6) is -2.15. The zero-order valence-electron chi connectivity index (χ0n) is 26.3. The Bertz CT molecular complexity index is 1730. The van der Waals surface area contributed by atoms with Crippen LogP contribution in [0.1, 0.15) is 20.8 Å². The van der Waals surface area contributed by atoms with Crippen molar-refractivity contribution in [1.82, 2.24) is 4.90 Å². The van der Waals surface area contributed by atoms with Crippen molar-refractivity contribution in [1.29, 1.82) is 0 Å². The van der Waals surface area contributed by atoms with Gasteiger partial charge in [-0.1, -0.05) is 68.5 Å². The van der Waals surface area contributed by atoms with E-state index < -0.39 is 35.6 Å². The molecule has 0 saturated carbocycles. The van der Waals surface area contributed by atoms with Gasteiger partial charge in [0.25, 0.3) is 5.91 Å². The summed E-state index contributed by atoms with van der Waals surface area (Å²) in [6, 6.07) is 19.4. The third-order valence-electron chi connectivity index (χ3n) is 9.91. The molecule has 4 heterocycles. The van der Waals surface area contributed by atoms with Gasteiger partial charge in [0.1, 0.15) is 17.4 Å². The highest BCUT2D eigenvalue weighted by atomic mass is 16.5. The fourth-order valence-electron chi connectivity index (χ4n) is 7.75. The quantitative estimate of drug-likeness (QED) is 0.394. The minimum atomic E-state index is -1.39. The van der Waals surface area contributed by atoms with Gasteiger partial charge in [-0.2, -0.15) is 0 Å². The molecule has 3 aromatic rings. The molecule has 1 N–H and O–H groups in total. The SMILES string of the molecule is CCOc1ccc(N2CC=C[C@H]3O[C@]45C=CCN(c6ccc7ccccc7c6)C(=O)C4N([C@@H](CO)C(C)C)C(=O)[C@@H]5[C@H]3C2=O)cc1. The number of hydrogen-bond acceptors (Lipinski definition) is 6. The minimum Gasteiger partial charge on any atom is -0.494 e. The lowest BCUT2D eigenvalue weighted by Gasteiger charge is -2.39. The molecule has 3 amide bonds. The molecule has 4 aliphatic heterocycles. The van der Waals surface area contributed by atoms with Crippen LogP contribution in [0.4, 0.5) is 11.4 Å². The van der Waals surface area contributed by atoms with E-state index in [0.717, 1.165) is 10.8 Å². The molecule has 238 valence electrons. The van der Waals surface area contributed by atoms with Crippen LogP contribution in [-0.4, -0.2) is 77.8 Å². The maximum absolute atomic E-state index is 14.8. The van der Waals surface area contributed by atoms with Gasteiger partial charge in [0, 0.05) is 24.5 Å². The van der Waals surface area contributed by atoms with Crippen LogP contribution in [0.15, 0.2) is 91.0 Å². The molecule has 6 atom stereocenters. The van der Waals surface area contributed by atoms with Crippen molar-refractivity contribution in [2.45, 2.75) is 44.6 Å². The predicted molar refractivity (Wildman–Crippen MR) is 175 cm³/mol. The van der Waals surface area contributed by atoms with E-state index in [9.17, 15) is 19.5 Å². The van der Waals surface area contributed by atoms with Crippen LogP contribution in [0.5, 0.6) is 5.75 Å². The lowest BCUT2D eigenvalue weighted by atomic mass is 9.77. The Morgan fingerprint density at radius 3 is 2.30 bits per heavy atom. The van der Waals surface area contributed by atoms with Crippen molar-refractivity contribution >= 4 is 39.9 Å². The van der Waals surface area contributed by atoms with Gasteiger partial charge in [-0.05, 0) is 60.0 Å². The van der Waals surface area contributed by atoms with E-state index in [-0.39, 0.29) is 36.8 Å². The molecular formula is C37H39N3O6. The zero-order valence-corrected chi connectivity index (χ0v) is 26.3. The van der Waals surface area contributed by atoms with Gasteiger partial charge < -0.3 is 29.3 Å². The molecule has 3 aromatic carbocycles. The lowest BCUT2D eigenvalue weighted by molar-refractivity contribution is -0.145. The third-order valence-corrected chi connectivity index (χ3v) is 9.91. The van der Waals surface area contributed by atoms with E-state index in [1.807, 2.05) is 112 Å². The number of aliphatic hydroxyl groups excluding tert-OH is 1. The molecule has 7 rings (SSSR count). The van der Waals surface area contributed by atoms with Crippen LogP contribution in [0.2, 0.25) is 0 Å². The molecule has 2 fully saturated rings. The number of nitrogens with zero attached hydrogens (tertiary/aromatic N) is 3. The molecule has 1 unspecified atom stereocenters. The number of carbonyl (C=O) groups is 3. The Hall–Kier alpha value is -4.47. The number of aliphatic hydroxyl groups is 1. The molecule has 0 aliphatic carbocycles. The second kappa shape index (κ2) is 11.7. The number of hydrogen-bond donors (Lipinski definition) is 1. The van der Waals surface area contributed by atoms with Gasteiger partial charge >= 0.3 is 0 Å². The van der Waals surface area contributed by atoms with Gasteiger partial charge in [0.05, 0.1) is 37.2 Å². The second-order valence-electron chi connectivity index (χ2n) is 12.8. The summed E-state index contributed by atoms with van der Waals surface area (Å²) in [4.78, 5) is 48.9. The standard InChI is InChI=1S/C37H39N3O6/c1-4-45-28-16-14-26(15-17-28)38-19-7-11-30-31(34(38)42)32-35(43)40(29(22-41)23(2)3)33-36(44)39(20-8-18-37(32,33)46-30)27-13-12-24-9-5-6-10-25(24)21-27/h5-18,21,23,29-33,41H,4,19-20,22H2,1-3H3/t29-,30+,31-,32-,33?,37-/m0/s1. The summed E-state index contributed by atoms with van der Waals surface area (Å²) in [5.41, 5.74) is -0.000624. The molecule has 0 aromatic heterocycles. The van der Waals surface area contributed by atoms with Crippen molar-refractivity contribution in [3.63, 3.8) is 0 Å².